The van der Waals surface area contributed by atoms with Gasteiger partial charge in [0.2, 0.25) is 0 Å². The Hall–Kier alpha value is -0.460. The van der Waals surface area contributed by atoms with E-state index < -0.39 is 18.0 Å². The van der Waals surface area contributed by atoms with Gasteiger partial charge in [0.1, 0.15) is 6.54 Å². The second-order valence-corrected chi connectivity index (χ2v) is 5.10. The zero-order chi connectivity index (χ0) is 12.8. The molecule has 1 N–H and O–H groups in total. The number of carboxylic acids is 1. The van der Waals surface area contributed by atoms with Crippen LogP contribution in [0.25, 0.3) is 0 Å². The Bertz CT molecular complexity index is 255. The van der Waals surface area contributed by atoms with Crippen molar-refractivity contribution >= 4 is 24.6 Å². The Morgan fingerprint density at radius 3 is 2.24 bits per heavy atom. The Balaban J connectivity index is 0. The van der Waals surface area contributed by atoms with Crippen LogP contribution in [0, 0.1) is 0 Å². The van der Waals surface area contributed by atoms with Crippen molar-refractivity contribution in [3.8, 4) is 0 Å². The van der Waals surface area contributed by atoms with Crippen LogP contribution in [0.2, 0.25) is 0 Å². The molecule has 7 heteroatoms. The highest BCUT2D eigenvalue weighted by atomic mass is 35.5. The molecular weight excluding hydrogens is 266 g/mol. The van der Waals surface area contributed by atoms with E-state index in [-0.39, 0.29) is 25.2 Å². The van der Waals surface area contributed by atoms with Crippen LogP contribution < -0.4 is 12.4 Å². The molecule has 0 fully saturated rings. The van der Waals surface area contributed by atoms with Crippen LogP contribution in [0.1, 0.15) is 12.8 Å². The smallest absolute Gasteiger partial charge is 0.307 e. The van der Waals surface area contributed by atoms with Gasteiger partial charge in [-0.2, -0.15) is 12.6 Å². The number of carbonyl (C=O) groups is 2. The first-order chi connectivity index (χ1) is 7.24. The fourth-order valence-electron chi connectivity index (χ4n) is 1.29. The summed E-state index contributed by atoms with van der Waals surface area (Å²) in [5, 5.41) is 8.71. The maximum absolute atomic E-state index is 11.2. The van der Waals surface area contributed by atoms with Crippen molar-refractivity contribution in [3.05, 3.63) is 0 Å². The van der Waals surface area contributed by atoms with Crippen LogP contribution in [-0.4, -0.2) is 61.1 Å². The zero-order valence-electron chi connectivity index (χ0n) is 10.4. The summed E-state index contributed by atoms with van der Waals surface area (Å²) in [4.78, 5) is 21.9. The van der Waals surface area contributed by atoms with E-state index in [1.807, 2.05) is 21.1 Å². The standard InChI is InChI=1S/C10H19NO4S.ClH/c1-11(2,3)7-8(6-9(12)13)15-10(14)4-5-16;/h8H,4-7H2,1-3H3,(H-,12,13,16);1H/t8-;/m1./s1. The largest absolute Gasteiger partial charge is 1.00 e. The molecule has 0 bridgehead atoms. The lowest BCUT2D eigenvalue weighted by Crippen LogP contribution is -3.00. The highest BCUT2D eigenvalue weighted by Crippen LogP contribution is 2.06. The van der Waals surface area contributed by atoms with Gasteiger partial charge in [0, 0.05) is 5.75 Å². The van der Waals surface area contributed by atoms with Crippen molar-refractivity contribution in [2.24, 2.45) is 0 Å². The van der Waals surface area contributed by atoms with Gasteiger partial charge < -0.3 is 26.7 Å². The lowest BCUT2D eigenvalue weighted by atomic mass is 10.2. The SMILES string of the molecule is C[N+](C)(C)C[C@@H](CC(=O)O)OC(=O)CCS.[Cl-]. The minimum absolute atomic E-state index is 0. The number of hydrogen-bond donors (Lipinski definition) is 2. The van der Waals surface area contributed by atoms with Gasteiger partial charge in [0.05, 0.1) is 34.0 Å². The molecule has 0 radical (unpaired) electrons. The average molecular weight is 286 g/mol. The van der Waals surface area contributed by atoms with E-state index in [2.05, 4.69) is 12.6 Å². The van der Waals surface area contributed by atoms with E-state index in [9.17, 15) is 9.59 Å². The van der Waals surface area contributed by atoms with Crippen LogP contribution in [-0.2, 0) is 14.3 Å². The molecule has 0 saturated heterocycles. The number of esters is 1. The Morgan fingerprint density at radius 2 is 1.88 bits per heavy atom. The number of thiol groups is 1. The van der Waals surface area contributed by atoms with Crippen LogP contribution >= 0.6 is 12.6 Å². The summed E-state index contributed by atoms with van der Waals surface area (Å²) in [6.07, 6.45) is -0.533. The third-order valence-electron chi connectivity index (χ3n) is 1.77. The number of nitrogens with zero attached hydrogens (tertiary/aromatic N) is 1. The topological polar surface area (TPSA) is 63.6 Å². The summed E-state index contributed by atoms with van der Waals surface area (Å²) in [7, 11) is 5.75. The maximum Gasteiger partial charge on any atom is 0.307 e. The third-order valence-corrected chi connectivity index (χ3v) is 1.99. The minimum atomic E-state index is -0.961. The number of rotatable bonds is 7. The number of carboxylic acid groups (broad SMARTS) is 1. The fraction of sp³-hybridized carbons (Fsp3) is 0.800. The third kappa shape index (κ3) is 11.8. The van der Waals surface area contributed by atoms with Crippen molar-refractivity contribution in [2.45, 2.75) is 18.9 Å². The van der Waals surface area contributed by atoms with E-state index >= 15 is 0 Å². The van der Waals surface area contributed by atoms with Crippen LogP contribution in [0.3, 0.4) is 0 Å². The summed E-state index contributed by atoms with van der Waals surface area (Å²) >= 11 is 3.92. The minimum Gasteiger partial charge on any atom is -1.00 e. The highest BCUT2D eigenvalue weighted by molar-refractivity contribution is 7.80. The molecule has 1 atom stereocenters. The summed E-state index contributed by atoms with van der Waals surface area (Å²) in [6.45, 7) is 0.477. The highest BCUT2D eigenvalue weighted by Gasteiger charge is 2.24. The Labute approximate surface area is 114 Å². The van der Waals surface area contributed by atoms with Gasteiger partial charge >= 0.3 is 11.9 Å². The first kappa shape index (κ1) is 18.9. The Kier molecular flexibility index (Phi) is 9.56. The summed E-state index contributed by atoms with van der Waals surface area (Å²) in [6, 6.07) is 0. The molecular formula is C10H20ClNO4S. The van der Waals surface area contributed by atoms with Crippen LogP contribution in [0.15, 0.2) is 0 Å². The second-order valence-electron chi connectivity index (χ2n) is 4.66. The summed E-state index contributed by atoms with van der Waals surface area (Å²) in [5.41, 5.74) is 0. The van der Waals surface area contributed by atoms with Crippen molar-refractivity contribution in [1.29, 1.82) is 0 Å². The summed E-state index contributed by atoms with van der Waals surface area (Å²) < 4.78 is 5.64. The number of halogens is 1. The predicted octanol–water partition coefficient (Wildman–Crippen LogP) is -2.60. The van der Waals surface area contributed by atoms with Gasteiger partial charge in [0.15, 0.2) is 6.10 Å². The van der Waals surface area contributed by atoms with E-state index in [4.69, 9.17) is 9.84 Å². The molecule has 17 heavy (non-hydrogen) atoms. The molecule has 0 amide bonds. The van der Waals surface area contributed by atoms with E-state index in [1.54, 1.807) is 0 Å². The number of likely N-dealkylation sites (N-methyl/N-ethyl adjacent to an activating group) is 1. The maximum atomic E-state index is 11.2. The van der Waals surface area contributed by atoms with Crippen molar-refractivity contribution in [2.75, 3.05) is 33.4 Å². The molecule has 0 aromatic heterocycles. The van der Waals surface area contributed by atoms with Crippen LogP contribution in [0.4, 0.5) is 0 Å². The zero-order valence-corrected chi connectivity index (χ0v) is 12.0. The lowest BCUT2D eigenvalue weighted by Gasteiger charge is -2.28. The van der Waals surface area contributed by atoms with E-state index in [0.717, 1.165) is 0 Å². The molecule has 0 saturated carbocycles. The van der Waals surface area contributed by atoms with Crippen molar-refractivity contribution < 1.29 is 36.3 Å². The molecule has 5 nitrogen and oxygen atoms in total. The van der Waals surface area contributed by atoms with Gasteiger partial charge in [-0.05, 0) is 0 Å². The molecule has 0 spiro atoms. The summed E-state index contributed by atoms with van der Waals surface area (Å²) in [5.74, 6) is -0.949. The van der Waals surface area contributed by atoms with E-state index in [0.29, 0.717) is 16.8 Å². The lowest BCUT2D eigenvalue weighted by molar-refractivity contribution is -0.873. The van der Waals surface area contributed by atoms with Gasteiger partial charge in [-0.3, -0.25) is 9.59 Å². The average Bonchev–Trinajstić information content (AvgIpc) is 1.98. The second kappa shape index (κ2) is 8.60. The molecule has 0 aliphatic heterocycles. The van der Waals surface area contributed by atoms with Crippen molar-refractivity contribution in [3.63, 3.8) is 0 Å². The monoisotopic (exact) mass is 285 g/mol. The van der Waals surface area contributed by atoms with Gasteiger partial charge in [0.25, 0.3) is 0 Å². The molecule has 0 aliphatic rings. The van der Waals surface area contributed by atoms with Gasteiger partial charge in [-0.15, -0.1) is 0 Å². The predicted molar refractivity (Wildman–Crippen MR) is 63.5 cm³/mol. The number of aliphatic carboxylic acids is 1. The fourth-order valence-corrected chi connectivity index (χ4v) is 1.47. The quantitative estimate of drug-likeness (QED) is 0.306. The number of hydrogen-bond acceptors (Lipinski definition) is 4. The molecule has 102 valence electrons. The number of ether oxygens (including phenoxy) is 1. The Morgan fingerprint density at radius 1 is 1.35 bits per heavy atom. The van der Waals surface area contributed by atoms with E-state index in [1.165, 1.54) is 0 Å². The normalized spacial score (nSPS) is 12.5. The van der Waals surface area contributed by atoms with Crippen molar-refractivity contribution in [1.82, 2.24) is 0 Å². The van der Waals surface area contributed by atoms with Crippen LogP contribution in [0.5, 0.6) is 0 Å². The first-order valence-electron chi connectivity index (χ1n) is 5.07. The molecule has 0 rings (SSSR count). The molecule has 0 aromatic rings. The van der Waals surface area contributed by atoms with Gasteiger partial charge in [-0.25, -0.2) is 0 Å². The molecule has 0 unspecified atom stereocenters. The first-order valence-corrected chi connectivity index (χ1v) is 5.70. The van der Waals surface area contributed by atoms with Gasteiger partial charge in [-0.1, -0.05) is 0 Å². The number of quaternary nitrogens is 1. The molecule has 0 aromatic carbocycles. The number of carbonyl (C=O) groups excluding carboxylic acids is 1. The molecule has 0 aliphatic carbocycles. The molecule has 0 heterocycles.